The largest absolute Gasteiger partial charge is 0.497 e. The number of rotatable bonds is 5. The first-order chi connectivity index (χ1) is 15.6. The summed E-state index contributed by atoms with van der Waals surface area (Å²) < 4.78 is 12.2. The van der Waals surface area contributed by atoms with Gasteiger partial charge in [0, 0.05) is 6.42 Å². The van der Waals surface area contributed by atoms with E-state index in [-0.39, 0.29) is 18.0 Å². The molecule has 32 heavy (non-hydrogen) atoms. The summed E-state index contributed by atoms with van der Waals surface area (Å²) in [6, 6.07) is 18.0. The minimum Gasteiger partial charge on any atom is -0.497 e. The first-order valence-corrected chi connectivity index (χ1v) is 10.2. The number of fused-ring (bicyclic) bond motifs is 1. The smallest absolute Gasteiger partial charge is 0.269 e. The average molecular weight is 428 g/mol. The molecule has 1 aliphatic rings. The lowest BCUT2D eigenvalue weighted by Gasteiger charge is -2.20. The van der Waals surface area contributed by atoms with Crippen molar-refractivity contribution in [1.82, 2.24) is 14.6 Å². The molecule has 0 bridgehead atoms. The second kappa shape index (κ2) is 8.14. The third-order valence-corrected chi connectivity index (χ3v) is 5.51. The van der Waals surface area contributed by atoms with Gasteiger partial charge in [0.25, 0.3) is 11.5 Å². The number of nitrogens with zero attached hydrogens (tertiary/aromatic N) is 4. The van der Waals surface area contributed by atoms with E-state index >= 15 is 0 Å². The van der Waals surface area contributed by atoms with Crippen LogP contribution in [0.25, 0.3) is 11.0 Å². The van der Waals surface area contributed by atoms with E-state index in [2.05, 4.69) is 10.1 Å². The van der Waals surface area contributed by atoms with Gasteiger partial charge in [-0.2, -0.15) is 5.10 Å². The number of furan rings is 1. The summed E-state index contributed by atoms with van der Waals surface area (Å²) in [6.07, 6.45) is 3.30. The van der Waals surface area contributed by atoms with E-state index < -0.39 is 6.04 Å². The molecule has 2 aromatic carbocycles. The van der Waals surface area contributed by atoms with Crippen LogP contribution in [0.3, 0.4) is 0 Å². The average Bonchev–Trinajstić information content (AvgIpc) is 3.51. The molecule has 4 aromatic rings. The predicted molar refractivity (Wildman–Crippen MR) is 118 cm³/mol. The predicted octanol–water partition coefficient (Wildman–Crippen LogP) is 3.38. The number of carbonyl (C=O) groups is 1. The van der Waals surface area contributed by atoms with Crippen LogP contribution >= 0.6 is 0 Å². The number of aromatic nitrogens is 2. The van der Waals surface area contributed by atoms with Gasteiger partial charge in [-0.15, -0.1) is 0 Å². The highest BCUT2D eigenvalue weighted by atomic mass is 16.5. The van der Waals surface area contributed by atoms with E-state index in [4.69, 9.17) is 9.15 Å². The van der Waals surface area contributed by atoms with Crippen LogP contribution in [0.1, 0.15) is 23.8 Å². The lowest BCUT2D eigenvalue weighted by atomic mass is 10.0. The number of hydrazone groups is 1. The Labute approximate surface area is 183 Å². The number of para-hydroxylation sites is 2. The summed E-state index contributed by atoms with van der Waals surface area (Å²) in [5.41, 5.74) is 2.55. The van der Waals surface area contributed by atoms with E-state index in [9.17, 15) is 9.59 Å². The molecule has 8 nitrogen and oxygen atoms in total. The number of amides is 1. The second-order valence-corrected chi connectivity index (χ2v) is 7.42. The molecule has 8 heteroatoms. The lowest BCUT2D eigenvalue weighted by molar-refractivity contribution is -0.134. The van der Waals surface area contributed by atoms with Gasteiger partial charge in [-0.25, -0.2) is 9.99 Å². The Morgan fingerprint density at radius 3 is 2.69 bits per heavy atom. The molecule has 0 N–H and O–H groups in total. The number of methoxy groups -OCH3 is 1. The molecule has 1 atom stereocenters. The highest BCUT2D eigenvalue weighted by Crippen LogP contribution is 2.33. The maximum atomic E-state index is 13.4. The Kier molecular flexibility index (Phi) is 5.03. The number of benzene rings is 2. The van der Waals surface area contributed by atoms with Gasteiger partial charge in [0.1, 0.15) is 24.1 Å². The third-order valence-electron chi connectivity index (χ3n) is 5.51. The van der Waals surface area contributed by atoms with Gasteiger partial charge in [-0.05, 0) is 54.1 Å². The van der Waals surface area contributed by atoms with E-state index in [1.165, 1.54) is 15.8 Å². The van der Waals surface area contributed by atoms with Gasteiger partial charge in [0.2, 0.25) is 0 Å². The van der Waals surface area contributed by atoms with Gasteiger partial charge in [0.15, 0.2) is 0 Å². The van der Waals surface area contributed by atoms with Crippen molar-refractivity contribution in [1.29, 1.82) is 0 Å². The molecule has 1 aliphatic heterocycles. The minimum atomic E-state index is -0.390. The fourth-order valence-corrected chi connectivity index (χ4v) is 3.89. The van der Waals surface area contributed by atoms with Gasteiger partial charge in [-0.3, -0.25) is 14.2 Å². The number of hydrogen-bond acceptors (Lipinski definition) is 6. The molecule has 5 rings (SSSR count). The Morgan fingerprint density at radius 1 is 1.12 bits per heavy atom. The summed E-state index contributed by atoms with van der Waals surface area (Å²) in [4.78, 5) is 30.0. The standard InChI is InChI=1S/C24H20N4O4/c1-31-17-10-8-16(9-11-17)19-13-21(22-7-4-12-32-22)28(26-19)24(30)15-27-20-6-3-2-5-18(20)25-14-23(27)29/h2-12,14,21H,13,15H2,1H3. The number of hydrogen-bond donors (Lipinski definition) is 0. The molecule has 0 radical (unpaired) electrons. The maximum Gasteiger partial charge on any atom is 0.269 e. The molecule has 3 heterocycles. The minimum absolute atomic E-state index is 0.154. The van der Waals surface area contributed by atoms with E-state index in [0.717, 1.165) is 17.0 Å². The molecule has 160 valence electrons. The van der Waals surface area contributed by atoms with Gasteiger partial charge >= 0.3 is 0 Å². The topological polar surface area (TPSA) is 89.9 Å². The summed E-state index contributed by atoms with van der Waals surface area (Å²) in [7, 11) is 1.61. The molecule has 0 fully saturated rings. The molecule has 0 saturated carbocycles. The SMILES string of the molecule is COc1ccc(C2=NN(C(=O)Cn3c(=O)cnc4ccccc43)C(c3ccco3)C2)cc1. The molecule has 1 amide bonds. The fraction of sp³-hybridized carbons (Fsp3) is 0.167. The first kappa shape index (κ1) is 19.7. The molecular formula is C24H20N4O4. The quantitative estimate of drug-likeness (QED) is 0.486. The molecule has 0 saturated heterocycles. The lowest BCUT2D eigenvalue weighted by Crippen LogP contribution is -2.34. The molecule has 2 aromatic heterocycles. The Hall–Kier alpha value is -4.20. The van der Waals surface area contributed by atoms with Crippen molar-refractivity contribution < 1.29 is 13.9 Å². The van der Waals surface area contributed by atoms with Crippen LogP contribution in [-0.2, 0) is 11.3 Å². The second-order valence-electron chi connectivity index (χ2n) is 7.42. The van der Waals surface area contributed by atoms with Crippen molar-refractivity contribution in [3.05, 3.63) is 94.8 Å². The van der Waals surface area contributed by atoms with Crippen molar-refractivity contribution in [2.75, 3.05) is 7.11 Å². The van der Waals surface area contributed by atoms with Crippen LogP contribution < -0.4 is 10.3 Å². The van der Waals surface area contributed by atoms with Crippen LogP contribution in [0.4, 0.5) is 0 Å². The van der Waals surface area contributed by atoms with Crippen molar-refractivity contribution in [3.8, 4) is 5.75 Å². The first-order valence-electron chi connectivity index (χ1n) is 10.2. The van der Waals surface area contributed by atoms with Gasteiger partial charge in [-0.1, -0.05) is 12.1 Å². The molecular weight excluding hydrogens is 408 g/mol. The van der Waals surface area contributed by atoms with Crippen LogP contribution in [0.5, 0.6) is 5.75 Å². The highest BCUT2D eigenvalue weighted by Gasteiger charge is 2.35. The van der Waals surface area contributed by atoms with Crippen LogP contribution in [0.15, 0.2) is 87.4 Å². The Morgan fingerprint density at radius 2 is 1.94 bits per heavy atom. The van der Waals surface area contributed by atoms with E-state index in [0.29, 0.717) is 23.2 Å². The summed E-state index contributed by atoms with van der Waals surface area (Å²) >= 11 is 0. The fourth-order valence-electron chi connectivity index (χ4n) is 3.89. The van der Waals surface area contributed by atoms with Crippen molar-refractivity contribution >= 4 is 22.7 Å². The van der Waals surface area contributed by atoms with E-state index in [1.807, 2.05) is 42.5 Å². The molecule has 0 aliphatic carbocycles. The van der Waals surface area contributed by atoms with Crippen LogP contribution in [0, 0.1) is 0 Å². The molecule has 1 unspecified atom stereocenters. The monoisotopic (exact) mass is 428 g/mol. The number of ether oxygens (including phenoxy) is 1. The summed E-state index contributed by atoms with van der Waals surface area (Å²) in [5, 5.41) is 6.04. The Balaban J connectivity index is 1.50. The normalized spacial score (nSPS) is 15.7. The number of carbonyl (C=O) groups excluding carboxylic acids is 1. The van der Waals surface area contributed by atoms with Gasteiger partial charge < -0.3 is 9.15 Å². The molecule has 0 spiro atoms. The van der Waals surface area contributed by atoms with Crippen LogP contribution in [-0.4, -0.2) is 33.3 Å². The maximum absolute atomic E-state index is 13.4. The zero-order chi connectivity index (χ0) is 22.1. The van der Waals surface area contributed by atoms with Crippen LogP contribution in [0.2, 0.25) is 0 Å². The van der Waals surface area contributed by atoms with Crippen molar-refractivity contribution in [3.63, 3.8) is 0 Å². The zero-order valence-corrected chi connectivity index (χ0v) is 17.3. The van der Waals surface area contributed by atoms with Crippen molar-refractivity contribution in [2.24, 2.45) is 5.10 Å². The Bertz CT molecular complexity index is 1360. The third kappa shape index (κ3) is 3.56. The summed E-state index contributed by atoms with van der Waals surface area (Å²) in [6.45, 7) is -0.154. The summed E-state index contributed by atoms with van der Waals surface area (Å²) in [5.74, 6) is 1.07. The van der Waals surface area contributed by atoms with Gasteiger partial charge in [0.05, 0.1) is 36.3 Å². The highest BCUT2D eigenvalue weighted by molar-refractivity contribution is 6.03. The van der Waals surface area contributed by atoms with Crippen molar-refractivity contribution in [2.45, 2.75) is 19.0 Å². The zero-order valence-electron chi connectivity index (χ0n) is 17.3. The van der Waals surface area contributed by atoms with E-state index in [1.54, 1.807) is 31.6 Å².